The Bertz CT molecular complexity index is 498. The SMILES string of the molecule is CC(C)(C)c1ccc(C(C)(C)C)c2c1CC1(CCCC1)C2. The molecule has 0 atom stereocenters. The lowest BCUT2D eigenvalue weighted by Crippen LogP contribution is -2.19. The summed E-state index contributed by atoms with van der Waals surface area (Å²) in [5.74, 6) is 0. The molecule has 0 aromatic heterocycles. The topological polar surface area (TPSA) is 0 Å². The van der Waals surface area contributed by atoms with Crippen LogP contribution in [0.3, 0.4) is 0 Å². The number of benzene rings is 1. The smallest absolute Gasteiger partial charge is 0.0129 e. The minimum atomic E-state index is 0.268. The largest absolute Gasteiger partial charge is 0.0579 e. The molecule has 0 heteroatoms. The molecule has 0 heterocycles. The average Bonchev–Trinajstić information content (AvgIpc) is 2.92. The van der Waals surface area contributed by atoms with E-state index in [0.29, 0.717) is 5.41 Å². The summed E-state index contributed by atoms with van der Waals surface area (Å²) in [6.45, 7) is 14.2. The van der Waals surface area contributed by atoms with Crippen molar-refractivity contribution in [3.05, 3.63) is 34.4 Å². The molecule has 2 aliphatic rings. The molecule has 0 bridgehead atoms. The van der Waals surface area contributed by atoms with Crippen LogP contribution in [0.25, 0.3) is 0 Å². The normalized spacial score (nSPS) is 21.0. The number of hydrogen-bond donors (Lipinski definition) is 0. The quantitative estimate of drug-likeness (QED) is 0.553. The Morgan fingerprint density at radius 2 is 1.10 bits per heavy atom. The first-order valence-electron chi connectivity index (χ1n) is 8.78. The van der Waals surface area contributed by atoms with Crippen molar-refractivity contribution in [2.45, 2.75) is 90.9 Å². The first kappa shape index (κ1) is 15.1. The minimum Gasteiger partial charge on any atom is -0.0579 e. The third kappa shape index (κ3) is 2.56. The van der Waals surface area contributed by atoms with Crippen molar-refractivity contribution in [1.82, 2.24) is 0 Å². The molecular weight excluding hydrogens is 252 g/mol. The fraction of sp³-hybridized carbons (Fsp3) is 0.714. The van der Waals surface area contributed by atoms with Crippen LogP contribution < -0.4 is 0 Å². The van der Waals surface area contributed by atoms with E-state index < -0.39 is 0 Å². The van der Waals surface area contributed by atoms with Crippen LogP contribution in [0.4, 0.5) is 0 Å². The van der Waals surface area contributed by atoms with Gasteiger partial charge in [0.15, 0.2) is 0 Å². The molecule has 3 rings (SSSR count). The second-order valence-corrected chi connectivity index (χ2v) is 9.68. The molecule has 116 valence electrons. The number of hydrogen-bond acceptors (Lipinski definition) is 0. The van der Waals surface area contributed by atoms with Gasteiger partial charge in [-0.15, -0.1) is 0 Å². The van der Waals surface area contributed by atoms with E-state index in [0.717, 1.165) is 0 Å². The van der Waals surface area contributed by atoms with Crippen molar-refractivity contribution in [2.75, 3.05) is 0 Å². The molecule has 21 heavy (non-hydrogen) atoms. The summed E-state index contributed by atoms with van der Waals surface area (Å²) in [6, 6.07) is 4.88. The Kier molecular flexibility index (Phi) is 3.32. The Morgan fingerprint density at radius 3 is 1.43 bits per heavy atom. The fourth-order valence-electron chi connectivity index (χ4n) is 4.79. The Labute approximate surface area is 131 Å². The summed E-state index contributed by atoms with van der Waals surface area (Å²) in [5, 5.41) is 0. The van der Waals surface area contributed by atoms with Crippen LogP contribution in [0.2, 0.25) is 0 Å². The highest BCUT2D eigenvalue weighted by Gasteiger charge is 2.43. The third-order valence-corrected chi connectivity index (χ3v) is 5.81. The summed E-state index contributed by atoms with van der Waals surface area (Å²) in [4.78, 5) is 0. The predicted molar refractivity (Wildman–Crippen MR) is 92.2 cm³/mol. The molecule has 0 N–H and O–H groups in total. The second-order valence-electron chi connectivity index (χ2n) is 9.68. The number of fused-ring (bicyclic) bond motifs is 1. The Morgan fingerprint density at radius 1 is 0.714 bits per heavy atom. The van der Waals surface area contributed by atoms with Crippen LogP contribution in [0.5, 0.6) is 0 Å². The van der Waals surface area contributed by atoms with Gasteiger partial charge in [0.05, 0.1) is 0 Å². The van der Waals surface area contributed by atoms with E-state index >= 15 is 0 Å². The molecule has 0 unspecified atom stereocenters. The highest BCUT2D eigenvalue weighted by Crippen LogP contribution is 2.52. The van der Waals surface area contributed by atoms with Gasteiger partial charge in [-0.05, 0) is 64.2 Å². The molecule has 0 aliphatic heterocycles. The van der Waals surface area contributed by atoms with Gasteiger partial charge in [-0.25, -0.2) is 0 Å². The predicted octanol–water partition coefficient (Wildman–Crippen LogP) is 5.94. The zero-order valence-corrected chi connectivity index (χ0v) is 14.9. The van der Waals surface area contributed by atoms with E-state index in [1.807, 2.05) is 0 Å². The molecular formula is C21H32. The third-order valence-electron chi connectivity index (χ3n) is 5.81. The molecule has 1 aromatic carbocycles. The number of rotatable bonds is 0. The first-order chi connectivity index (χ1) is 9.62. The fourth-order valence-corrected chi connectivity index (χ4v) is 4.79. The van der Waals surface area contributed by atoms with Crippen molar-refractivity contribution in [1.29, 1.82) is 0 Å². The molecule has 1 aromatic rings. The molecule has 0 saturated heterocycles. The van der Waals surface area contributed by atoms with Crippen LogP contribution in [0.15, 0.2) is 12.1 Å². The van der Waals surface area contributed by atoms with Crippen molar-refractivity contribution >= 4 is 0 Å². The maximum Gasteiger partial charge on any atom is -0.0129 e. The van der Waals surface area contributed by atoms with Gasteiger partial charge >= 0.3 is 0 Å². The lowest BCUT2D eigenvalue weighted by molar-refractivity contribution is 0.316. The standard InChI is InChI=1S/C21H32/c1-19(2,3)17-9-10-18(20(4,5)6)16-14-21(13-15(16)17)11-7-8-12-21/h9-10H,7-8,11-14H2,1-6H3. The van der Waals surface area contributed by atoms with Gasteiger partial charge in [0.1, 0.15) is 0 Å². The van der Waals surface area contributed by atoms with E-state index in [4.69, 9.17) is 0 Å². The van der Waals surface area contributed by atoms with Crippen LogP contribution in [0, 0.1) is 5.41 Å². The molecule has 2 aliphatic carbocycles. The van der Waals surface area contributed by atoms with Crippen LogP contribution in [-0.4, -0.2) is 0 Å². The Balaban J connectivity index is 2.15. The van der Waals surface area contributed by atoms with Crippen molar-refractivity contribution in [3.63, 3.8) is 0 Å². The summed E-state index contributed by atoms with van der Waals surface area (Å²) in [5.41, 5.74) is 7.80. The van der Waals surface area contributed by atoms with E-state index in [9.17, 15) is 0 Å². The van der Waals surface area contributed by atoms with Gasteiger partial charge in [-0.3, -0.25) is 0 Å². The van der Waals surface area contributed by atoms with Gasteiger partial charge in [-0.2, -0.15) is 0 Å². The van der Waals surface area contributed by atoms with Gasteiger partial charge < -0.3 is 0 Å². The molecule has 1 spiro atoms. The molecule has 0 amide bonds. The molecule has 1 fully saturated rings. The maximum absolute atomic E-state index is 2.44. The lowest BCUT2D eigenvalue weighted by Gasteiger charge is -2.28. The first-order valence-corrected chi connectivity index (χ1v) is 8.78. The van der Waals surface area contributed by atoms with Crippen molar-refractivity contribution in [2.24, 2.45) is 5.41 Å². The van der Waals surface area contributed by atoms with E-state index in [2.05, 4.69) is 53.7 Å². The summed E-state index contributed by atoms with van der Waals surface area (Å²) in [6.07, 6.45) is 8.49. The van der Waals surface area contributed by atoms with Gasteiger partial charge in [0, 0.05) is 0 Å². The highest BCUT2D eigenvalue weighted by molar-refractivity contribution is 5.50. The molecule has 1 saturated carbocycles. The van der Waals surface area contributed by atoms with Gasteiger partial charge in [0.2, 0.25) is 0 Å². The van der Waals surface area contributed by atoms with Crippen LogP contribution in [0.1, 0.15) is 89.5 Å². The highest BCUT2D eigenvalue weighted by atomic mass is 14.5. The summed E-state index contributed by atoms with van der Waals surface area (Å²) < 4.78 is 0. The van der Waals surface area contributed by atoms with E-state index in [1.165, 1.54) is 38.5 Å². The van der Waals surface area contributed by atoms with Gasteiger partial charge in [-0.1, -0.05) is 66.5 Å². The van der Waals surface area contributed by atoms with Crippen LogP contribution >= 0.6 is 0 Å². The van der Waals surface area contributed by atoms with Crippen LogP contribution in [-0.2, 0) is 23.7 Å². The molecule has 0 nitrogen and oxygen atoms in total. The molecule has 0 radical (unpaired) electrons. The van der Waals surface area contributed by atoms with Crippen molar-refractivity contribution < 1.29 is 0 Å². The van der Waals surface area contributed by atoms with Crippen molar-refractivity contribution in [3.8, 4) is 0 Å². The second kappa shape index (κ2) is 4.61. The maximum atomic E-state index is 2.44. The van der Waals surface area contributed by atoms with E-state index in [1.54, 1.807) is 22.3 Å². The summed E-state index contributed by atoms with van der Waals surface area (Å²) in [7, 11) is 0. The zero-order valence-electron chi connectivity index (χ0n) is 14.9. The lowest BCUT2D eigenvalue weighted by atomic mass is 9.77. The zero-order chi connectivity index (χ0) is 15.5. The Hall–Kier alpha value is -0.780. The summed E-state index contributed by atoms with van der Waals surface area (Å²) >= 11 is 0. The van der Waals surface area contributed by atoms with E-state index in [-0.39, 0.29) is 10.8 Å². The van der Waals surface area contributed by atoms with Gasteiger partial charge in [0.25, 0.3) is 0 Å². The monoisotopic (exact) mass is 284 g/mol. The minimum absolute atomic E-state index is 0.268. The average molecular weight is 284 g/mol.